The van der Waals surface area contributed by atoms with E-state index in [1.165, 1.54) is 6.26 Å². The van der Waals surface area contributed by atoms with Gasteiger partial charge in [-0.1, -0.05) is 28.9 Å². The van der Waals surface area contributed by atoms with Crippen LogP contribution in [0, 0.1) is 0 Å². The molecule has 1 atom stereocenters. The SMILES string of the molecule is CC(CN)c1c(Br)cccc1S(C)(=O)=O. The van der Waals surface area contributed by atoms with Gasteiger partial charge in [-0.2, -0.15) is 0 Å². The van der Waals surface area contributed by atoms with Crippen molar-refractivity contribution in [2.75, 3.05) is 12.8 Å². The first-order chi connectivity index (χ1) is 6.88. The van der Waals surface area contributed by atoms with Crippen molar-refractivity contribution in [3.05, 3.63) is 28.2 Å². The van der Waals surface area contributed by atoms with Crippen molar-refractivity contribution in [3.63, 3.8) is 0 Å². The summed E-state index contributed by atoms with van der Waals surface area (Å²) < 4.78 is 23.9. The molecular weight excluding hydrogens is 278 g/mol. The standard InChI is InChI=1S/C10H14BrNO2S/c1-7(6-12)10-8(11)4-3-5-9(10)15(2,13)14/h3-5,7H,6,12H2,1-2H3. The van der Waals surface area contributed by atoms with Gasteiger partial charge in [0.05, 0.1) is 4.90 Å². The highest BCUT2D eigenvalue weighted by molar-refractivity contribution is 9.10. The highest BCUT2D eigenvalue weighted by Gasteiger charge is 2.19. The van der Waals surface area contributed by atoms with Gasteiger partial charge in [0.15, 0.2) is 9.84 Å². The van der Waals surface area contributed by atoms with Gasteiger partial charge in [-0.3, -0.25) is 0 Å². The zero-order valence-corrected chi connectivity index (χ0v) is 11.1. The Kier molecular flexibility index (Phi) is 3.92. The Balaban J connectivity index is 3.47. The fourth-order valence-electron chi connectivity index (χ4n) is 1.44. The fraction of sp³-hybridized carbons (Fsp3) is 0.400. The van der Waals surface area contributed by atoms with Crippen LogP contribution in [-0.4, -0.2) is 21.2 Å². The van der Waals surface area contributed by atoms with E-state index in [1.807, 2.05) is 13.0 Å². The second-order valence-corrected chi connectivity index (χ2v) is 6.40. The van der Waals surface area contributed by atoms with Crippen LogP contribution < -0.4 is 5.73 Å². The van der Waals surface area contributed by atoms with Crippen LogP contribution in [0.25, 0.3) is 0 Å². The van der Waals surface area contributed by atoms with E-state index in [9.17, 15) is 8.42 Å². The lowest BCUT2D eigenvalue weighted by Crippen LogP contribution is -2.13. The van der Waals surface area contributed by atoms with Gasteiger partial charge < -0.3 is 5.73 Å². The minimum absolute atomic E-state index is 0.0188. The quantitative estimate of drug-likeness (QED) is 0.925. The van der Waals surface area contributed by atoms with Crippen LogP contribution in [0.1, 0.15) is 18.4 Å². The molecule has 0 fully saturated rings. The first-order valence-corrected chi connectivity index (χ1v) is 7.25. The number of nitrogens with two attached hydrogens (primary N) is 1. The van der Waals surface area contributed by atoms with E-state index in [0.717, 1.165) is 10.0 Å². The molecule has 1 aromatic carbocycles. The lowest BCUT2D eigenvalue weighted by Gasteiger charge is -2.15. The molecule has 0 radical (unpaired) electrons. The molecule has 1 unspecified atom stereocenters. The van der Waals surface area contributed by atoms with Crippen molar-refractivity contribution in [2.24, 2.45) is 5.73 Å². The maximum atomic E-state index is 11.6. The summed E-state index contributed by atoms with van der Waals surface area (Å²) in [6, 6.07) is 5.16. The van der Waals surface area contributed by atoms with E-state index in [2.05, 4.69) is 15.9 Å². The summed E-state index contributed by atoms with van der Waals surface area (Å²) in [7, 11) is -3.20. The summed E-state index contributed by atoms with van der Waals surface area (Å²) in [5.41, 5.74) is 6.34. The smallest absolute Gasteiger partial charge is 0.175 e. The number of halogens is 1. The molecule has 0 heterocycles. The highest BCUT2D eigenvalue weighted by Crippen LogP contribution is 2.30. The number of sulfone groups is 1. The molecule has 0 spiro atoms. The third-order valence-corrected chi connectivity index (χ3v) is 4.11. The number of rotatable bonds is 3. The predicted molar refractivity (Wildman–Crippen MR) is 64.7 cm³/mol. The van der Waals surface area contributed by atoms with Crippen LogP contribution in [-0.2, 0) is 9.84 Å². The maximum Gasteiger partial charge on any atom is 0.175 e. The minimum atomic E-state index is -3.20. The normalized spacial score (nSPS) is 13.9. The van der Waals surface area contributed by atoms with Crippen molar-refractivity contribution in [3.8, 4) is 0 Å². The van der Waals surface area contributed by atoms with E-state index in [1.54, 1.807) is 12.1 Å². The average molecular weight is 292 g/mol. The van der Waals surface area contributed by atoms with Gasteiger partial charge in [0.1, 0.15) is 0 Å². The molecule has 0 saturated heterocycles. The molecule has 0 aliphatic carbocycles. The van der Waals surface area contributed by atoms with Crippen LogP contribution in [0.5, 0.6) is 0 Å². The van der Waals surface area contributed by atoms with E-state index < -0.39 is 9.84 Å². The third kappa shape index (κ3) is 2.80. The highest BCUT2D eigenvalue weighted by atomic mass is 79.9. The van der Waals surface area contributed by atoms with Crippen molar-refractivity contribution < 1.29 is 8.42 Å². The second kappa shape index (κ2) is 4.63. The van der Waals surface area contributed by atoms with Crippen molar-refractivity contribution >= 4 is 25.8 Å². The summed E-state index contributed by atoms with van der Waals surface area (Å²) in [4.78, 5) is 0.356. The van der Waals surface area contributed by atoms with Gasteiger partial charge in [0.2, 0.25) is 0 Å². The molecule has 1 rings (SSSR count). The third-order valence-electron chi connectivity index (χ3n) is 2.26. The number of benzene rings is 1. The Labute approximate surface area is 98.7 Å². The topological polar surface area (TPSA) is 60.2 Å². The summed E-state index contributed by atoms with van der Waals surface area (Å²) in [6.07, 6.45) is 1.21. The molecule has 15 heavy (non-hydrogen) atoms. The fourth-order valence-corrected chi connectivity index (χ4v) is 3.36. The van der Waals surface area contributed by atoms with E-state index in [4.69, 9.17) is 5.73 Å². The van der Waals surface area contributed by atoms with E-state index in [-0.39, 0.29) is 5.92 Å². The first-order valence-electron chi connectivity index (χ1n) is 4.56. The molecule has 0 aromatic heterocycles. The van der Waals surface area contributed by atoms with Gasteiger partial charge in [0, 0.05) is 10.7 Å². The molecule has 0 amide bonds. The van der Waals surface area contributed by atoms with Crippen molar-refractivity contribution in [2.45, 2.75) is 17.7 Å². The Morgan fingerprint density at radius 3 is 2.53 bits per heavy atom. The van der Waals surface area contributed by atoms with Gasteiger partial charge >= 0.3 is 0 Å². The lowest BCUT2D eigenvalue weighted by molar-refractivity contribution is 0.598. The average Bonchev–Trinajstić information content (AvgIpc) is 2.15. The van der Waals surface area contributed by atoms with Crippen LogP contribution >= 0.6 is 15.9 Å². The first kappa shape index (κ1) is 12.7. The minimum Gasteiger partial charge on any atom is -0.330 e. The van der Waals surface area contributed by atoms with E-state index in [0.29, 0.717) is 11.4 Å². The zero-order chi connectivity index (χ0) is 11.6. The summed E-state index contributed by atoms with van der Waals surface area (Å²) >= 11 is 3.36. The molecule has 3 nitrogen and oxygen atoms in total. The van der Waals surface area contributed by atoms with Crippen LogP contribution in [0.3, 0.4) is 0 Å². The van der Waals surface area contributed by atoms with Crippen molar-refractivity contribution in [1.29, 1.82) is 0 Å². The molecule has 1 aromatic rings. The van der Waals surface area contributed by atoms with Gasteiger partial charge in [-0.15, -0.1) is 0 Å². The zero-order valence-electron chi connectivity index (χ0n) is 8.70. The second-order valence-electron chi connectivity index (χ2n) is 3.56. The van der Waals surface area contributed by atoms with Crippen LogP contribution in [0.4, 0.5) is 0 Å². The molecule has 5 heteroatoms. The largest absolute Gasteiger partial charge is 0.330 e. The van der Waals surface area contributed by atoms with E-state index >= 15 is 0 Å². The Hall–Kier alpha value is -0.390. The maximum absolute atomic E-state index is 11.6. The molecular formula is C10H14BrNO2S. The van der Waals surface area contributed by atoms with Crippen LogP contribution in [0.15, 0.2) is 27.6 Å². The van der Waals surface area contributed by atoms with Gasteiger partial charge in [-0.25, -0.2) is 8.42 Å². The van der Waals surface area contributed by atoms with Crippen molar-refractivity contribution in [1.82, 2.24) is 0 Å². The lowest BCUT2D eigenvalue weighted by atomic mass is 10.0. The molecule has 0 aliphatic heterocycles. The Morgan fingerprint density at radius 1 is 1.47 bits per heavy atom. The number of hydrogen-bond acceptors (Lipinski definition) is 3. The number of hydrogen-bond donors (Lipinski definition) is 1. The Bertz CT molecular complexity index is 456. The van der Waals surface area contributed by atoms with Gasteiger partial charge in [0.25, 0.3) is 0 Å². The van der Waals surface area contributed by atoms with Gasteiger partial charge in [-0.05, 0) is 30.2 Å². The molecule has 84 valence electrons. The Morgan fingerprint density at radius 2 is 2.07 bits per heavy atom. The molecule has 0 bridgehead atoms. The summed E-state index contributed by atoms with van der Waals surface area (Å²) in [6.45, 7) is 2.33. The van der Waals surface area contributed by atoms with Crippen LogP contribution in [0.2, 0.25) is 0 Å². The summed E-state index contributed by atoms with van der Waals surface area (Å²) in [5, 5.41) is 0. The molecule has 0 saturated carbocycles. The molecule has 0 aliphatic rings. The predicted octanol–water partition coefficient (Wildman–Crippen LogP) is 1.91. The molecule has 2 N–H and O–H groups in total. The monoisotopic (exact) mass is 291 g/mol. The summed E-state index contributed by atoms with van der Waals surface area (Å²) in [5.74, 6) is 0.0188.